The van der Waals surface area contributed by atoms with Gasteiger partial charge in [0, 0.05) is 11.8 Å². The Morgan fingerprint density at radius 1 is 1.35 bits per heavy atom. The summed E-state index contributed by atoms with van der Waals surface area (Å²) in [6.07, 6.45) is 18.2. The SMILES string of the molecule is C#C[C@]1(O)CCC2[C@@H]3CCC4=CC(=O)CCC4=C3C=C[C@@]21CC. The van der Waals surface area contributed by atoms with Crippen LogP contribution in [0.4, 0.5) is 0 Å². The maximum Gasteiger partial charge on any atom is 0.156 e. The van der Waals surface area contributed by atoms with Crippen molar-refractivity contribution in [2.75, 3.05) is 0 Å². The molecule has 1 fully saturated rings. The van der Waals surface area contributed by atoms with Crippen LogP contribution in [-0.2, 0) is 4.79 Å². The molecule has 4 aliphatic rings. The number of fused-ring (bicyclic) bond motifs is 4. The van der Waals surface area contributed by atoms with Crippen molar-refractivity contribution in [2.45, 2.75) is 57.5 Å². The molecule has 2 nitrogen and oxygen atoms in total. The second-order valence-electron chi connectivity index (χ2n) is 7.59. The Kier molecular flexibility index (Phi) is 3.22. The van der Waals surface area contributed by atoms with Crippen LogP contribution in [0.15, 0.2) is 34.9 Å². The summed E-state index contributed by atoms with van der Waals surface area (Å²) >= 11 is 0. The molecule has 23 heavy (non-hydrogen) atoms. The average molecular weight is 308 g/mol. The molecule has 0 amide bonds. The average Bonchev–Trinajstić information content (AvgIpc) is 2.88. The van der Waals surface area contributed by atoms with E-state index in [1.54, 1.807) is 0 Å². The van der Waals surface area contributed by atoms with Gasteiger partial charge in [0.25, 0.3) is 0 Å². The van der Waals surface area contributed by atoms with Gasteiger partial charge in [-0.15, -0.1) is 6.42 Å². The molecule has 0 radical (unpaired) electrons. The van der Waals surface area contributed by atoms with Crippen molar-refractivity contribution in [3.05, 3.63) is 34.9 Å². The highest BCUT2D eigenvalue weighted by Gasteiger charge is 2.60. The minimum absolute atomic E-state index is 0.271. The van der Waals surface area contributed by atoms with Gasteiger partial charge in [0.15, 0.2) is 5.78 Å². The highest BCUT2D eigenvalue weighted by molar-refractivity contribution is 5.93. The van der Waals surface area contributed by atoms with Crippen molar-refractivity contribution in [3.8, 4) is 12.3 Å². The molecule has 120 valence electrons. The first-order chi connectivity index (χ1) is 11.0. The molecule has 0 spiro atoms. The van der Waals surface area contributed by atoms with Gasteiger partial charge >= 0.3 is 0 Å². The number of hydrogen-bond acceptors (Lipinski definition) is 2. The summed E-state index contributed by atoms with van der Waals surface area (Å²) in [6, 6.07) is 0. The van der Waals surface area contributed by atoms with Gasteiger partial charge in [0.1, 0.15) is 5.60 Å². The number of carbonyl (C=O) groups is 1. The van der Waals surface area contributed by atoms with E-state index in [9.17, 15) is 9.90 Å². The fraction of sp³-hybridized carbons (Fsp3) is 0.571. The highest BCUT2D eigenvalue weighted by Crippen LogP contribution is 2.62. The minimum Gasteiger partial charge on any atom is -0.377 e. The van der Waals surface area contributed by atoms with E-state index < -0.39 is 5.60 Å². The lowest BCUT2D eigenvalue weighted by molar-refractivity contribution is -0.114. The van der Waals surface area contributed by atoms with E-state index in [-0.39, 0.29) is 11.2 Å². The van der Waals surface area contributed by atoms with Gasteiger partial charge in [-0.25, -0.2) is 0 Å². The first-order valence-corrected chi connectivity index (χ1v) is 8.91. The van der Waals surface area contributed by atoms with E-state index in [1.807, 2.05) is 6.08 Å². The third-order valence-corrected chi connectivity index (χ3v) is 6.94. The van der Waals surface area contributed by atoms with Crippen molar-refractivity contribution < 1.29 is 9.90 Å². The van der Waals surface area contributed by atoms with Crippen molar-refractivity contribution in [3.63, 3.8) is 0 Å². The summed E-state index contributed by atoms with van der Waals surface area (Å²) in [5, 5.41) is 11.0. The molecule has 2 heteroatoms. The van der Waals surface area contributed by atoms with Gasteiger partial charge in [-0.2, -0.15) is 0 Å². The Morgan fingerprint density at radius 3 is 2.91 bits per heavy atom. The first kappa shape index (κ1) is 15.0. The molecule has 0 aromatic heterocycles. The molecule has 4 rings (SSSR count). The van der Waals surface area contributed by atoms with Crippen LogP contribution in [0.2, 0.25) is 0 Å². The van der Waals surface area contributed by atoms with Crippen molar-refractivity contribution in [1.29, 1.82) is 0 Å². The summed E-state index contributed by atoms with van der Waals surface area (Å²) in [7, 11) is 0. The Bertz CT molecular complexity index is 702. The lowest BCUT2D eigenvalue weighted by atomic mass is 9.56. The molecule has 1 saturated carbocycles. The zero-order chi connectivity index (χ0) is 16.2. The van der Waals surface area contributed by atoms with Crippen LogP contribution in [0.25, 0.3) is 0 Å². The van der Waals surface area contributed by atoms with Gasteiger partial charge in [0.2, 0.25) is 0 Å². The molecule has 4 atom stereocenters. The van der Waals surface area contributed by atoms with E-state index in [0.717, 1.165) is 32.1 Å². The number of carbonyl (C=O) groups excluding carboxylic acids is 1. The molecule has 0 heterocycles. The first-order valence-electron chi connectivity index (χ1n) is 8.91. The maximum absolute atomic E-state index is 11.7. The van der Waals surface area contributed by atoms with Crippen LogP contribution in [0.5, 0.6) is 0 Å². The van der Waals surface area contributed by atoms with E-state index >= 15 is 0 Å². The van der Waals surface area contributed by atoms with Crippen molar-refractivity contribution in [2.24, 2.45) is 17.3 Å². The normalized spacial score (nSPS) is 41.8. The quantitative estimate of drug-likeness (QED) is 0.750. The van der Waals surface area contributed by atoms with Gasteiger partial charge < -0.3 is 5.11 Å². The van der Waals surface area contributed by atoms with Gasteiger partial charge in [0.05, 0.1) is 0 Å². The third kappa shape index (κ3) is 1.83. The number of aliphatic hydroxyl groups is 1. The second kappa shape index (κ2) is 4.95. The van der Waals surface area contributed by atoms with Crippen LogP contribution in [0.3, 0.4) is 0 Å². The standard InChI is InChI=1S/C21H24O2/c1-3-20-11-9-17-16-8-6-15(22)13-14(16)5-7-18(17)19(20)10-12-21(20,23)4-2/h2,9,11,13,18-19,23H,3,5-8,10,12H2,1H3/t18-,19?,20+,21+/m1/s1. The van der Waals surface area contributed by atoms with Crippen molar-refractivity contribution >= 4 is 5.78 Å². The molecule has 0 saturated heterocycles. The van der Waals surface area contributed by atoms with Crippen LogP contribution < -0.4 is 0 Å². The summed E-state index contributed by atoms with van der Waals surface area (Å²) in [5.41, 5.74) is 2.80. The third-order valence-electron chi connectivity index (χ3n) is 6.94. The Hall–Kier alpha value is -1.59. The van der Waals surface area contributed by atoms with Crippen LogP contribution in [0, 0.1) is 29.6 Å². The molecular formula is C21H24O2. The summed E-state index contributed by atoms with van der Waals surface area (Å²) in [6.45, 7) is 2.15. The van der Waals surface area contributed by atoms with Gasteiger partial charge in [-0.1, -0.05) is 25.0 Å². The number of rotatable bonds is 1. The predicted octanol–water partition coefficient (Wildman–Crippen LogP) is 3.72. The smallest absolute Gasteiger partial charge is 0.156 e. The zero-order valence-electron chi connectivity index (χ0n) is 13.8. The molecule has 0 aromatic carbocycles. The topological polar surface area (TPSA) is 37.3 Å². The fourth-order valence-corrected chi connectivity index (χ4v) is 5.75. The van der Waals surface area contributed by atoms with E-state index in [4.69, 9.17) is 6.42 Å². The van der Waals surface area contributed by atoms with Crippen LogP contribution in [-0.4, -0.2) is 16.5 Å². The molecular weight excluding hydrogens is 284 g/mol. The second-order valence-corrected chi connectivity index (χ2v) is 7.59. The zero-order valence-corrected chi connectivity index (χ0v) is 13.8. The Morgan fingerprint density at radius 2 is 2.17 bits per heavy atom. The summed E-state index contributed by atoms with van der Waals surface area (Å²) in [5.74, 6) is 3.91. The molecule has 1 unspecified atom stereocenters. The van der Waals surface area contributed by atoms with E-state index in [2.05, 4.69) is 25.0 Å². The van der Waals surface area contributed by atoms with Gasteiger partial charge in [-0.3, -0.25) is 4.79 Å². The number of ketones is 1. The van der Waals surface area contributed by atoms with E-state index in [1.165, 1.54) is 16.7 Å². The van der Waals surface area contributed by atoms with Crippen molar-refractivity contribution in [1.82, 2.24) is 0 Å². The fourth-order valence-electron chi connectivity index (χ4n) is 5.75. The lowest BCUT2D eigenvalue weighted by Gasteiger charge is -2.48. The predicted molar refractivity (Wildman–Crippen MR) is 90.4 cm³/mol. The number of hydrogen-bond donors (Lipinski definition) is 1. The summed E-state index contributed by atoms with van der Waals surface area (Å²) in [4.78, 5) is 11.7. The minimum atomic E-state index is -1.00. The Balaban J connectivity index is 1.85. The monoisotopic (exact) mass is 308 g/mol. The van der Waals surface area contributed by atoms with Crippen LogP contribution >= 0.6 is 0 Å². The highest BCUT2D eigenvalue weighted by atomic mass is 16.3. The maximum atomic E-state index is 11.7. The number of terminal acetylenes is 1. The number of allylic oxidation sites excluding steroid dienone is 5. The molecule has 0 aromatic rings. The molecule has 4 aliphatic carbocycles. The molecule has 0 aliphatic heterocycles. The largest absolute Gasteiger partial charge is 0.377 e. The van der Waals surface area contributed by atoms with Gasteiger partial charge in [-0.05, 0) is 73.2 Å². The molecule has 0 bridgehead atoms. The van der Waals surface area contributed by atoms with Crippen LogP contribution in [0.1, 0.15) is 51.9 Å². The lowest BCUT2D eigenvalue weighted by Crippen LogP contribution is -2.48. The summed E-state index contributed by atoms with van der Waals surface area (Å²) < 4.78 is 0. The Labute approximate surface area is 138 Å². The molecule has 1 N–H and O–H groups in total. The van der Waals surface area contributed by atoms with E-state index in [0.29, 0.717) is 24.7 Å².